The third kappa shape index (κ3) is 5.90. The van der Waals surface area contributed by atoms with Crippen LogP contribution in [0.1, 0.15) is 61.5 Å². The van der Waals surface area contributed by atoms with Crippen LogP contribution in [-0.2, 0) is 14.3 Å². The van der Waals surface area contributed by atoms with Crippen LogP contribution < -0.4 is 5.32 Å². The van der Waals surface area contributed by atoms with Crippen LogP contribution in [0.5, 0.6) is 0 Å². The molecule has 0 heterocycles. The number of esters is 2. The van der Waals surface area contributed by atoms with E-state index >= 15 is 0 Å². The molecule has 2 aromatic rings. The van der Waals surface area contributed by atoms with Crippen molar-refractivity contribution in [3.63, 3.8) is 0 Å². The molecule has 1 N–H and O–H groups in total. The lowest BCUT2D eigenvalue weighted by atomic mass is 9.75. The summed E-state index contributed by atoms with van der Waals surface area (Å²) in [5, 5.41) is 3.32. The number of hydrogen-bond donors (Lipinski definition) is 1. The van der Waals surface area contributed by atoms with Crippen molar-refractivity contribution in [2.75, 3.05) is 11.9 Å². The topological polar surface area (TPSA) is 64.6 Å². The zero-order chi connectivity index (χ0) is 23.3. The lowest BCUT2D eigenvalue weighted by Crippen LogP contribution is -2.36. The third-order valence-electron chi connectivity index (χ3n) is 6.59. The Morgan fingerprint density at radius 2 is 1.75 bits per heavy atom. The van der Waals surface area contributed by atoms with Crippen molar-refractivity contribution in [2.24, 2.45) is 17.8 Å². The van der Waals surface area contributed by atoms with Gasteiger partial charge in [0.15, 0.2) is 6.61 Å². The van der Waals surface area contributed by atoms with E-state index in [1.807, 2.05) is 44.2 Å². The summed E-state index contributed by atoms with van der Waals surface area (Å²) in [5.41, 5.74) is 4.22. The minimum absolute atomic E-state index is 0.108. The van der Waals surface area contributed by atoms with E-state index in [0.717, 1.165) is 36.1 Å². The predicted octanol–water partition coefficient (Wildman–Crippen LogP) is 6.21. The second-order valence-electron chi connectivity index (χ2n) is 9.35. The van der Waals surface area contributed by atoms with E-state index in [4.69, 9.17) is 9.47 Å². The minimum Gasteiger partial charge on any atom is -0.460 e. The summed E-state index contributed by atoms with van der Waals surface area (Å²) in [6.45, 7) is 10.2. The van der Waals surface area contributed by atoms with Gasteiger partial charge in [-0.1, -0.05) is 51.5 Å². The van der Waals surface area contributed by atoms with E-state index < -0.39 is 11.9 Å². The van der Waals surface area contributed by atoms with Crippen molar-refractivity contribution >= 4 is 23.3 Å². The molecule has 32 heavy (non-hydrogen) atoms. The second-order valence-corrected chi connectivity index (χ2v) is 9.35. The molecule has 0 saturated heterocycles. The van der Waals surface area contributed by atoms with Gasteiger partial charge in [-0.05, 0) is 73.8 Å². The molecule has 0 radical (unpaired) electrons. The van der Waals surface area contributed by atoms with Crippen LogP contribution in [0.2, 0.25) is 0 Å². The van der Waals surface area contributed by atoms with Gasteiger partial charge in [0.05, 0.1) is 11.3 Å². The maximum atomic E-state index is 12.8. The molecule has 1 saturated carbocycles. The summed E-state index contributed by atoms with van der Waals surface area (Å²) in [6.07, 6.45) is 2.98. The molecule has 0 aliphatic heterocycles. The number of rotatable bonds is 7. The van der Waals surface area contributed by atoms with Gasteiger partial charge < -0.3 is 14.8 Å². The Labute approximate surface area is 191 Å². The number of hydrogen-bond acceptors (Lipinski definition) is 5. The van der Waals surface area contributed by atoms with Crippen LogP contribution in [-0.4, -0.2) is 24.6 Å². The Bertz CT molecular complexity index is 952. The fourth-order valence-corrected chi connectivity index (χ4v) is 4.46. The first-order chi connectivity index (χ1) is 15.3. The van der Waals surface area contributed by atoms with E-state index in [-0.39, 0.29) is 12.7 Å². The van der Waals surface area contributed by atoms with Crippen LogP contribution in [0.15, 0.2) is 42.5 Å². The Balaban J connectivity index is 1.62. The molecule has 5 nitrogen and oxygen atoms in total. The predicted molar refractivity (Wildman–Crippen MR) is 127 cm³/mol. The lowest BCUT2D eigenvalue weighted by molar-refractivity contribution is -0.159. The molecule has 0 aromatic heterocycles. The van der Waals surface area contributed by atoms with Crippen molar-refractivity contribution in [2.45, 2.75) is 60.0 Å². The summed E-state index contributed by atoms with van der Waals surface area (Å²) in [4.78, 5) is 25.2. The zero-order valence-electron chi connectivity index (χ0n) is 19.8. The Morgan fingerprint density at radius 3 is 2.50 bits per heavy atom. The Hall–Kier alpha value is -2.82. The quantitative estimate of drug-likeness (QED) is 0.522. The highest BCUT2D eigenvalue weighted by Gasteiger charge is 2.33. The molecule has 2 aromatic carbocycles. The fraction of sp³-hybridized carbons (Fsp3) is 0.481. The lowest BCUT2D eigenvalue weighted by Gasteiger charge is -2.36. The van der Waals surface area contributed by atoms with Gasteiger partial charge in [-0.15, -0.1) is 0 Å². The first-order valence-electron chi connectivity index (χ1n) is 11.5. The number of para-hydroxylation sites is 1. The van der Waals surface area contributed by atoms with Gasteiger partial charge in [0.2, 0.25) is 0 Å². The summed E-state index contributed by atoms with van der Waals surface area (Å²) in [6, 6.07) is 13.1. The maximum Gasteiger partial charge on any atom is 0.344 e. The number of carbonyl (C=O) groups excluding carboxylic acids is 2. The molecule has 0 bridgehead atoms. The van der Waals surface area contributed by atoms with Crippen LogP contribution >= 0.6 is 0 Å². The van der Waals surface area contributed by atoms with Crippen LogP contribution in [0.4, 0.5) is 11.4 Å². The number of anilines is 2. The largest absolute Gasteiger partial charge is 0.460 e. The molecule has 1 fully saturated rings. The number of ether oxygens (including phenoxy) is 2. The van der Waals surface area contributed by atoms with Crippen LogP contribution in [0.3, 0.4) is 0 Å². The van der Waals surface area contributed by atoms with Crippen molar-refractivity contribution < 1.29 is 19.1 Å². The van der Waals surface area contributed by atoms with Crippen LogP contribution in [0, 0.1) is 31.6 Å². The summed E-state index contributed by atoms with van der Waals surface area (Å²) in [5.74, 6) is 0.309. The highest BCUT2D eigenvalue weighted by Crippen LogP contribution is 2.35. The normalized spacial score (nSPS) is 20.6. The minimum atomic E-state index is -0.548. The standard InChI is InChI=1S/C27H35NO4/c1-17(2)21-14-13-18(3)15-25(21)32-26(29)16-31-27(30)22-10-6-7-11-24(22)28-23-12-8-9-19(4)20(23)5/h6-12,17-18,21,25,28H,13-16H2,1-5H3/t18-,21-,25-/m1/s1. The molecule has 5 heteroatoms. The average molecular weight is 438 g/mol. The number of aryl methyl sites for hydroxylation is 1. The molecule has 0 spiro atoms. The van der Waals surface area contributed by atoms with E-state index in [2.05, 4.69) is 26.1 Å². The van der Waals surface area contributed by atoms with Crippen molar-refractivity contribution in [1.29, 1.82) is 0 Å². The van der Waals surface area contributed by atoms with Gasteiger partial charge in [-0.25, -0.2) is 9.59 Å². The number of carbonyl (C=O) groups is 2. The second kappa shape index (κ2) is 10.7. The molecule has 3 atom stereocenters. The molecule has 172 valence electrons. The maximum absolute atomic E-state index is 12.8. The van der Waals surface area contributed by atoms with Gasteiger partial charge in [0.1, 0.15) is 6.10 Å². The Morgan fingerprint density at radius 1 is 1.03 bits per heavy atom. The van der Waals surface area contributed by atoms with Crippen LogP contribution in [0.25, 0.3) is 0 Å². The highest BCUT2D eigenvalue weighted by atomic mass is 16.6. The van der Waals surface area contributed by atoms with Crippen molar-refractivity contribution in [1.82, 2.24) is 0 Å². The van der Waals surface area contributed by atoms with Gasteiger partial charge in [-0.3, -0.25) is 0 Å². The SMILES string of the molecule is Cc1cccc(Nc2ccccc2C(=O)OCC(=O)O[C@@H]2C[C@H](C)CC[C@@H]2C(C)C)c1C. The highest BCUT2D eigenvalue weighted by molar-refractivity contribution is 5.97. The fourth-order valence-electron chi connectivity index (χ4n) is 4.46. The monoisotopic (exact) mass is 437 g/mol. The summed E-state index contributed by atoms with van der Waals surface area (Å²) < 4.78 is 11.1. The zero-order valence-corrected chi connectivity index (χ0v) is 19.8. The number of nitrogens with one attached hydrogen (secondary N) is 1. The molecule has 1 aliphatic rings. The first-order valence-corrected chi connectivity index (χ1v) is 11.5. The average Bonchev–Trinajstić information content (AvgIpc) is 2.75. The first kappa shape index (κ1) is 23.8. The molecule has 3 rings (SSSR count). The Kier molecular flexibility index (Phi) is 7.94. The number of benzene rings is 2. The molecular formula is C27H35NO4. The summed E-state index contributed by atoms with van der Waals surface area (Å²) in [7, 11) is 0. The van der Waals surface area contributed by atoms with E-state index in [9.17, 15) is 9.59 Å². The molecular weight excluding hydrogens is 402 g/mol. The van der Waals surface area contributed by atoms with Crippen molar-refractivity contribution in [3.05, 3.63) is 59.2 Å². The van der Waals surface area contributed by atoms with E-state index in [0.29, 0.717) is 29.0 Å². The van der Waals surface area contributed by atoms with E-state index in [1.165, 1.54) is 0 Å². The van der Waals surface area contributed by atoms with Gasteiger partial charge >= 0.3 is 11.9 Å². The van der Waals surface area contributed by atoms with E-state index in [1.54, 1.807) is 12.1 Å². The smallest absolute Gasteiger partial charge is 0.344 e. The molecule has 0 unspecified atom stereocenters. The van der Waals surface area contributed by atoms with Gasteiger partial charge in [0, 0.05) is 5.69 Å². The summed E-state index contributed by atoms with van der Waals surface area (Å²) >= 11 is 0. The van der Waals surface area contributed by atoms with Gasteiger partial charge in [-0.2, -0.15) is 0 Å². The molecule has 0 amide bonds. The molecule has 1 aliphatic carbocycles. The van der Waals surface area contributed by atoms with Gasteiger partial charge in [0.25, 0.3) is 0 Å². The van der Waals surface area contributed by atoms with Crippen molar-refractivity contribution in [3.8, 4) is 0 Å². The third-order valence-corrected chi connectivity index (χ3v) is 6.59.